The van der Waals surface area contributed by atoms with Gasteiger partial charge in [-0.05, 0) is 35.7 Å². The van der Waals surface area contributed by atoms with Crippen LogP contribution in [0, 0.1) is 10.1 Å². The number of nitro benzene ring substituents is 1. The molecule has 0 aromatic heterocycles. The van der Waals surface area contributed by atoms with E-state index in [1.165, 1.54) is 24.0 Å². The normalized spacial score (nSPS) is 14.7. The van der Waals surface area contributed by atoms with E-state index in [2.05, 4.69) is 0 Å². The van der Waals surface area contributed by atoms with Crippen molar-refractivity contribution in [1.82, 2.24) is 0 Å². The van der Waals surface area contributed by atoms with Crippen LogP contribution in [0.5, 0.6) is 5.75 Å². The molecule has 0 aliphatic carbocycles. The lowest BCUT2D eigenvalue weighted by molar-refractivity contribution is -0.384. The first-order valence-corrected chi connectivity index (χ1v) is 9.60. The molecule has 31 heavy (non-hydrogen) atoms. The molecule has 4 rings (SSSR count). The number of nitrogens with two attached hydrogens (primary N) is 1. The number of amides is 2. The second kappa shape index (κ2) is 7.91. The fourth-order valence-corrected chi connectivity index (χ4v) is 4.04. The molecule has 1 aliphatic rings. The Hall–Kier alpha value is -4.20. The highest BCUT2D eigenvalue weighted by Crippen LogP contribution is 2.46. The molecule has 3 aromatic carbocycles. The maximum atomic E-state index is 12.5. The Bertz CT molecular complexity index is 1210. The van der Waals surface area contributed by atoms with Crippen LogP contribution in [-0.2, 0) is 11.2 Å². The van der Waals surface area contributed by atoms with Crippen LogP contribution >= 0.6 is 0 Å². The number of esters is 1. The van der Waals surface area contributed by atoms with Gasteiger partial charge in [-0.25, -0.2) is 4.79 Å². The molecular formula is C23H19N3O5. The summed E-state index contributed by atoms with van der Waals surface area (Å²) >= 11 is 0. The Morgan fingerprint density at radius 2 is 1.77 bits per heavy atom. The Labute approximate surface area is 178 Å². The summed E-state index contributed by atoms with van der Waals surface area (Å²) in [7, 11) is 0. The largest absolute Gasteiger partial charge is 0.426 e. The van der Waals surface area contributed by atoms with Gasteiger partial charge in [0.2, 0.25) is 0 Å². The van der Waals surface area contributed by atoms with Crippen LogP contribution in [0.1, 0.15) is 29.5 Å². The molecule has 0 fully saturated rings. The van der Waals surface area contributed by atoms with Gasteiger partial charge >= 0.3 is 12.0 Å². The summed E-state index contributed by atoms with van der Waals surface area (Å²) in [5.41, 5.74) is 8.91. The first-order valence-electron chi connectivity index (χ1n) is 9.60. The smallest absolute Gasteiger partial charge is 0.323 e. The van der Waals surface area contributed by atoms with Crippen molar-refractivity contribution >= 4 is 29.1 Å². The second-order valence-electron chi connectivity index (χ2n) is 7.19. The van der Waals surface area contributed by atoms with Crippen molar-refractivity contribution in [3.05, 3.63) is 93.5 Å². The fraction of sp³-hybridized carbons (Fsp3) is 0.130. The SMILES string of the molecule is CC(=O)Oc1cccc2c1CC(c1cccc([N+](=O)[O-])c1)c1ccccc1N2C(N)=O. The number of primary amides is 1. The number of hydrogen-bond donors (Lipinski definition) is 1. The van der Waals surface area contributed by atoms with Gasteiger partial charge in [0.15, 0.2) is 0 Å². The minimum atomic E-state index is -0.687. The maximum Gasteiger partial charge on any atom is 0.323 e. The lowest BCUT2D eigenvalue weighted by Gasteiger charge is -2.24. The van der Waals surface area contributed by atoms with Crippen LogP contribution in [0.4, 0.5) is 21.9 Å². The number of nitro groups is 1. The van der Waals surface area contributed by atoms with E-state index in [0.29, 0.717) is 34.7 Å². The predicted octanol–water partition coefficient (Wildman–Crippen LogP) is 4.42. The molecule has 0 bridgehead atoms. The lowest BCUT2D eigenvalue weighted by Crippen LogP contribution is -2.32. The highest BCUT2D eigenvalue weighted by atomic mass is 16.6. The third kappa shape index (κ3) is 3.71. The summed E-state index contributed by atoms with van der Waals surface area (Å²) in [5.74, 6) is -0.511. The van der Waals surface area contributed by atoms with E-state index >= 15 is 0 Å². The van der Waals surface area contributed by atoms with Crippen LogP contribution in [0.3, 0.4) is 0 Å². The van der Waals surface area contributed by atoms with Gasteiger partial charge in [0, 0.05) is 30.5 Å². The molecule has 2 amide bonds. The molecular weight excluding hydrogens is 398 g/mol. The zero-order valence-electron chi connectivity index (χ0n) is 16.6. The van der Waals surface area contributed by atoms with E-state index in [1.54, 1.807) is 36.4 Å². The molecule has 3 aromatic rings. The standard InChI is InChI=1S/C23H19N3O5/c1-14(27)31-22-11-5-10-21-19(22)13-18(15-6-4-7-16(12-15)26(29)30)17-8-2-3-9-20(17)25(21)23(24)28/h2-12,18H,13H2,1H3,(H2,24,28). The zero-order valence-corrected chi connectivity index (χ0v) is 16.6. The van der Waals surface area contributed by atoms with E-state index in [-0.39, 0.29) is 11.6 Å². The Morgan fingerprint density at radius 3 is 2.48 bits per heavy atom. The van der Waals surface area contributed by atoms with Crippen molar-refractivity contribution in [2.45, 2.75) is 19.3 Å². The number of fused-ring (bicyclic) bond motifs is 2. The number of anilines is 2. The molecule has 0 spiro atoms. The second-order valence-corrected chi connectivity index (χ2v) is 7.19. The summed E-state index contributed by atoms with van der Waals surface area (Å²) in [6.07, 6.45) is 0.348. The summed E-state index contributed by atoms with van der Waals surface area (Å²) in [4.78, 5) is 36.5. The highest BCUT2D eigenvalue weighted by molar-refractivity contribution is 6.01. The number of rotatable bonds is 3. The van der Waals surface area contributed by atoms with E-state index < -0.39 is 16.9 Å². The average Bonchev–Trinajstić information content (AvgIpc) is 2.88. The van der Waals surface area contributed by atoms with Crippen molar-refractivity contribution < 1.29 is 19.2 Å². The van der Waals surface area contributed by atoms with Gasteiger partial charge in [-0.3, -0.25) is 19.8 Å². The highest BCUT2D eigenvalue weighted by Gasteiger charge is 2.32. The number of para-hydroxylation sites is 1. The topological polar surface area (TPSA) is 116 Å². The molecule has 8 heteroatoms. The van der Waals surface area contributed by atoms with Crippen molar-refractivity contribution in [1.29, 1.82) is 0 Å². The van der Waals surface area contributed by atoms with E-state index in [9.17, 15) is 19.7 Å². The first kappa shape index (κ1) is 20.1. The number of hydrogen-bond acceptors (Lipinski definition) is 5. The van der Waals surface area contributed by atoms with Gasteiger partial charge in [0.05, 0.1) is 16.3 Å². The quantitative estimate of drug-likeness (QED) is 0.293. The third-order valence-corrected chi connectivity index (χ3v) is 5.27. The predicted molar refractivity (Wildman–Crippen MR) is 115 cm³/mol. The maximum absolute atomic E-state index is 12.5. The van der Waals surface area contributed by atoms with Crippen molar-refractivity contribution in [3.63, 3.8) is 0 Å². The number of carbonyl (C=O) groups is 2. The van der Waals surface area contributed by atoms with Crippen LogP contribution in [0.25, 0.3) is 0 Å². The van der Waals surface area contributed by atoms with Crippen molar-refractivity contribution in [2.24, 2.45) is 5.73 Å². The summed E-state index contributed by atoms with van der Waals surface area (Å²) in [6, 6.07) is 18.1. The first-order chi connectivity index (χ1) is 14.9. The van der Waals surface area contributed by atoms with Crippen LogP contribution in [0.15, 0.2) is 66.7 Å². The van der Waals surface area contributed by atoms with Gasteiger partial charge < -0.3 is 10.5 Å². The Morgan fingerprint density at radius 1 is 1.06 bits per heavy atom. The molecule has 1 unspecified atom stereocenters. The van der Waals surface area contributed by atoms with Gasteiger partial charge in [-0.15, -0.1) is 0 Å². The molecule has 1 heterocycles. The lowest BCUT2D eigenvalue weighted by atomic mass is 9.85. The molecule has 0 saturated carbocycles. The minimum Gasteiger partial charge on any atom is -0.426 e. The van der Waals surface area contributed by atoms with Gasteiger partial charge in [-0.2, -0.15) is 0 Å². The van der Waals surface area contributed by atoms with Crippen LogP contribution in [-0.4, -0.2) is 16.9 Å². The number of non-ortho nitro benzene ring substituents is 1. The summed E-state index contributed by atoms with van der Waals surface area (Å²) in [5, 5.41) is 11.3. The molecule has 1 aliphatic heterocycles. The summed E-state index contributed by atoms with van der Waals surface area (Å²) < 4.78 is 5.42. The number of ether oxygens (including phenoxy) is 1. The van der Waals surface area contributed by atoms with Gasteiger partial charge in [0.25, 0.3) is 5.69 Å². The minimum absolute atomic E-state index is 0.0283. The molecule has 8 nitrogen and oxygen atoms in total. The Balaban J connectivity index is 1.99. The molecule has 156 valence electrons. The molecule has 0 radical (unpaired) electrons. The van der Waals surface area contributed by atoms with E-state index in [4.69, 9.17) is 10.5 Å². The summed E-state index contributed by atoms with van der Waals surface area (Å²) in [6.45, 7) is 1.30. The van der Waals surface area contributed by atoms with Gasteiger partial charge in [-0.1, -0.05) is 36.4 Å². The number of urea groups is 1. The monoisotopic (exact) mass is 417 g/mol. The van der Waals surface area contributed by atoms with Crippen LogP contribution in [0.2, 0.25) is 0 Å². The third-order valence-electron chi connectivity index (χ3n) is 5.27. The van der Waals surface area contributed by atoms with E-state index in [0.717, 1.165) is 5.56 Å². The molecule has 0 saturated heterocycles. The zero-order chi connectivity index (χ0) is 22.1. The Kier molecular flexibility index (Phi) is 5.12. The molecule has 1 atom stereocenters. The number of benzene rings is 3. The number of carbonyl (C=O) groups excluding carboxylic acids is 2. The number of nitrogens with zero attached hydrogens (tertiary/aromatic N) is 2. The average molecular weight is 417 g/mol. The van der Waals surface area contributed by atoms with Gasteiger partial charge in [0.1, 0.15) is 5.75 Å². The fourth-order valence-electron chi connectivity index (χ4n) is 4.04. The van der Waals surface area contributed by atoms with Crippen molar-refractivity contribution in [2.75, 3.05) is 4.90 Å². The van der Waals surface area contributed by atoms with Crippen molar-refractivity contribution in [3.8, 4) is 5.75 Å². The molecule has 2 N–H and O–H groups in total. The van der Waals surface area contributed by atoms with E-state index in [1.807, 2.05) is 18.2 Å². The van der Waals surface area contributed by atoms with Crippen LogP contribution < -0.4 is 15.4 Å².